The number of rotatable bonds is 7. The molecule has 0 radical (unpaired) electrons. The summed E-state index contributed by atoms with van der Waals surface area (Å²) < 4.78 is 37.1. The Bertz CT molecular complexity index is 1080. The number of carbonyl (C=O) groups is 1. The molecule has 10 nitrogen and oxygen atoms in total. The summed E-state index contributed by atoms with van der Waals surface area (Å²) in [7, 11) is -1.73. The van der Waals surface area contributed by atoms with Crippen LogP contribution >= 0.6 is 0 Å². The second kappa shape index (κ2) is 9.77. The van der Waals surface area contributed by atoms with Crippen LogP contribution in [-0.2, 0) is 14.6 Å². The number of anilines is 1. The monoisotopic (exact) mass is 464 g/mol. The molecule has 0 bridgehead atoms. The average Bonchev–Trinajstić information content (AvgIpc) is 2.75. The van der Waals surface area contributed by atoms with Crippen LogP contribution < -0.4 is 16.4 Å². The normalized spacial score (nSPS) is 21.5. The summed E-state index contributed by atoms with van der Waals surface area (Å²) in [4.78, 5) is 30.1. The minimum atomic E-state index is -3.35. The van der Waals surface area contributed by atoms with Gasteiger partial charge in [-0.3, -0.25) is 20.0 Å². The maximum absolute atomic E-state index is 13.7. The van der Waals surface area contributed by atoms with Gasteiger partial charge in [0.15, 0.2) is 16.0 Å². The van der Waals surface area contributed by atoms with Gasteiger partial charge < -0.3 is 11.1 Å². The van der Waals surface area contributed by atoms with Gasteiger partial charge in [-0.05, 0) is 30.8 Å². The zero-order valence-electron chi connectivity index (χ0n) is 17.6. The summed E-state index contributed by atoms with van der Waals surface area (Å²) in [5.41, 5.74) is 7.42. The van der Waals surface area contributed by atoms with Crippen molar-refractivity contribution >= 4 is 21.4 Å². The lowest BCUT2D eigenvalue weighted by atomic mass is 9.97. The van der Waals surface area contributed by atoms with Crippen molar-refractivity contribution in [3.8, 4) is 11.1 Å². The summed E-state index contributed by atoms with van der Waals surface area (Å²) in [6.07, 6.45) is 0.920. The Morgan fingerprint density at radius 1 is 1.34 bits per heavy atom. The van der Waals surface area contributed by atoms with E-state index in [0.29, 0.717) is 16.8 Å². The smallest absolute Gasteiger partial charge is 0.234 e. The number of alkyl halides is 1. The fourth-order valence-corrected chi connectivity index (χ4v) is 4.32. The van der Waals surface area contributed by atoms with Crippen molar-refractivity contribution in [2.24, 2.45) is 16.8 Å². The predicted octanol–water partition coefficient (Wildman–Crippen LogP) is 0.957. The Kier molecular flexibility index (Phi) is 7.29. The van der Waals surface area contributed by atoms with E-state index in [9.17, 15) is 22.5 Å². The first-order valence-corrected chi connectivity index (χ1v) is 11.7. The highest BCUT2D eigenvalue weighted by Crippen LogP contribution is 2.29. The minimum Gasteiger partial charge on any atom is -0.324 e. The van der Waals surface area contributed by atoms with E-state index in [2.05, 4.69) is 20.8 Å². The summed E-state index contributed by atoms with van der Waals surface area (Å²) >= 11 is 0. The van der Waals surface area contributed by atoms with Crippen LogP contribution in [0.5, 0.6) is 0 Å². The van der Waals surface area contributed by atoms with E-state index >= 15 is 0 Å². The topological polar surface area (TPSA) is 147 Å². The lowest BCUT2D eigenvalue weighted by molar-refractivity contribution is -0.124. The zero-order chi connectivity index (χ0) is 23.5. The van der Waals surface area contributed by atoms with E-state index in [-0.39, 0.29) is 18.0 Å². The van der Waals surface area contributed by atoms with Crippen LogP contribution in [0.1, 0.15) is 0 Å². The van der Waals surface area contributed by atoms with Gasteiger partial charge in [0.2, 0.25) is 5.91 Å². The van der Waals surface area contributed by atoms with Gasteiger partial charge in [-0.2, -0.15) is 0 Å². The maximum Gasteiger partial charge on any atom is 0.234 e. The number of hydrogen-bond acceptors (Lipinski definition) is 9. The van der Waals surface area contributed by atoms with Crippen LogP contribution in [0.3, 0.4) is 0 Å². The molecule has 1 aromatic heterocycles. The number of aromatic nitrogens is 1. The second-order valence-electron chi connectivity index (χ2n) is 7.72. The molecule has 0 spiro atoms. The third kappa shape index (κ3) is 5.33. The highest BCUT2D eigenvalue weighted by atomic mass is 32.2. The van der Waals surface area contributed by atoms with Crippen molar-refractivity contribution in [3.63, 3.8) is 0 Å². The first kappa shape index (κ1) is 23.9. The highest BCUT2D eigenvalue weighted by Gasteiger charge is 2.40. The molecule has 2 aromatic rings. The molecule has 1 saturated heterocycles. The Labute approximate surface area is 185 Å². The van der Waals surface area contributed by atoms with Crippen molar-refractivity contribution in [1.29, 1.82) is 0 Å². The van der Waals surface area contributed by atoms with Crippen LogP contribution in [0.2, 0.25) is 0 Å². The number of hydrogen-bond donors (Lipinski definition) is 3. The SMILES string of the molecule is CN1CC(F)CNC1C(C(=O)Nc1cnccc1-c1ccc(S(C)(=O)=O)cc1)C(N)N=O. The number of nitrogens with two attached hydrogens (primary N) is 1. The molecule has 3 rings (SSSR count). The number of nitrogens with zero attached hydrogens (tertiary/aromatic N) is 3. The molecular formula is C20H25FN6O4S. The van der Waals surface area contributed by atoms with Crippen LogP contribution in [0, 0.1) is 10.8 Å². The van der Waals surface area contributed by atoms with Gasteiger partial charge in [0.1, 0.15) is 12.1 Å². The van der Waals surface area contributed by atoms with E-state index in [0.717, 1.165) is 6.26 Å². The second-order valence-corrected chi connectivity index (χ2v) is 9.73. The number of amides is 1. The molecule has 0 aliphatic carbocycles. The van der Waals surface area contributed by atoms with Gasteiger partial charge in [-0.1, -0.05) is 17.3 Å². The summed E-state index contributed by atoms with van der Waals surface area (Å²) in [5, 5.41) is 8.47. The van der Waals surface area contributed by atoms with Gasteiger partial charge >= 0.3 is 0 Å². The molecule has 1 amide bonds. The predicted molar refractivity (Wildman–Crippen MR) is 118 cm³/mol. The van der Waals surface area contributed by atoms with Crippen molar-refractivity contribution in [2.75, 3.05) is 31.7 Å². The molecule has 1 aromatic carbocycles. The Hall–Kier alpha value is -2.80. The van der Waals surface area contributed by atoms with E-state index in [1.165, 1.54) is 24.5 Å². The fraction of sp³-hybridized carbons (Fsp3) is 0.400. The number of nitrogens with one attached hydrogen (secondary N) is 2. The molecule has 1 fully saturated rings. The molecule has 4 atom stereocenters. The summed E-state index contributed by atoms with van der Waals surface area (Å²) in [6, 6.07) is 7.85. The summed E-state index contributed by atoms with van der Waals surface area (Å²) in [5.74, 6) is -1.67. The van der Waals surface area contributed by atoms with Crippen molar-refractivity contribution in [1.82, 2.24) is 15.2 Å². The standard InChI is InChI=1S/C20H25FN6O4S/c1-27-11-13(21)9-24-19(27)17(18(22)26-29)20(28)25-16-10-23-8-7-15(16)12-3-5-14(6-4-12)32(2,30)31/h3-8,10,13,17-19,24H,9,11,22H2,1-2H3,(H,25,28). The quantitative estimate of drug-likeness (QED) is 0.514. The Morgan fingerprint density at radius 3 is 2.62 bits per heavy atom. The van der Waals surface area contributed by atoms with E-state index in [1.807, 2.05) is 0 Å². The number of pyridine rings is 1. The number of carbonyl (C=O) groups excluding carboxylic acids is 1. The minimum absolute atomic E-state index is 0.0230. The molecule has 32 heavy (non-hydrogen) atoms. The average molecular weight is 465 g/mol. The van der Waals surface area contributed by atoms with E-state index in [4.69, 9.17) is 5.73 Å². The molecule has 2 heterocycles. The first-order valence-electron chi connectivity index (χ1n) is 9.83. The largest absolute Gasteiger partial charge is 0.324 e. The molecule has 0 saturated carbocycles. The third-order valence-corrected chi connectivity index (χ3v) is 6.44. The van der Waals surface area contributed by atoms with Crippen molar-refractivity contribution < 1.29 is 17.6 Å². The van der Waals surface area contributed by atoms with Gasteiger partial charge in [0, 0.05) is 31.1 Å². The number of nitroso groups, excluding NO2 is 1. The lowest BCUT2D eigenvalue weighted by Crippen LogP contribution is -2.62. The molecule has 1 aliphatic rings. The molecule has 4 unspecified atom stereocenters. The van der Waals surface area contributed by atoms with Gasteiger partial charge in [0.05, 0.1) is 22.9 Å². The number of sulfone groups is 1. The molecule has 4 N–H and O–H groups in total. The van der Waals surface area contributed by atoms with Gasteiger partial charge in [-0.25, -0.2) is 12.8 Å². The maximum atomic E-state index is 13.7. The highest BCUT2D eigenvalue weighted by molar-refractivity contribution is 7.90. The molecular weight excluding hydrogens is 439 g/mol. The fourth-order valence-electron chi connectivity index (χ4n) is 3.69. The first-order chi connectivity index (χ1) is 15.1. The van der Waals surface area contributed by atoms with Crippen LogP contribution in [-0.4, -0.2) is 69.1 Å². The van der Waals surface area contributed by atoms with E-state index < -0.39 is 40.2 Å². The van der Waals surface area contributed by atoms with E-state index in [1.54, 1.807) is 30.1 Å². The van der Waals surface area contributed by atoms with Crippen LogP contribution in [0.4, 0.5) is 10.1 Å². The van der Waals surface area contributed by atoms with Gasteiger partial charge in [-0.15, -0.1) is 4.91 Å². The zero-order valence-corrected chi connectivity index (χ0v) is 18.4. The molecule has 172 valence electrons. The van der Waals surface area contributed by atoms with Crippen LogP contribution in [0.15, 0.2) is 52.8 Å². The lowest BCUT2D eigenvalue weighted by Gasteiger charge is -2.39. The Balaban J connectivity index is 1.89. The Morgan fingerprint density at radius 2 is 2.03 bits per heavy atom. The molecule has 12 heteroatoms. The number of halogens is 1. The van der Waals surface area contributed by atoms with Gasteiger partial charge in [0.25, 0.3) is 0 Å². The summed E-state index contributed by atoms with van der Waals surface area (Å²) in [6.45, 7) is 0.104. The van der Waals surface area contributed by atoms with Crippen LogP contribution in [0.25, 0.3) is 11.1 Å². The van der Waals surface area contributed by atoms with Crippen molar-refractivity contribution in [2.45, 2.75) is 23.4 Å². The molecule has 1 aliphatic heterocycles. The van der Waals surface area contributed by atoms with Crippen molar-refractivity contribution in [3.05, 3.63) is 47.6 Å². The number of benzene rings is 1. The third-order valence-electron chi connectivity index (χ3n) is 5.31.